The summed E-state index contributed by atoms with van der Waals surface area (Å²) in [5.41, 5.74) is 0.693. The molecule has 0 saturated carbocycles. The molecule has 0 amide bonds. The molecule has 7 nitrogen and oxygen atoms in total. The molecule has 0 radical (unpaired) electrons. The van der Waals surface area contributed by atoms with Gasteiger partial charge in [0.1, 0.15) is 5.82 Å². The van der Waals surface area contributed by atoms with Crippen molar-refractivity contribution in [3.05, 3.63) is 42.0 Å². The number of halogens is 1. The van der Waals surface area contributed by atoms with Gasteiger partial charge in [-0.05, 0) is 24.6 Å². The van der Waals surface area contributed by atoms with Crippen LogP contribution in [0.3, 0.4) is 0 Å². The van der Waals surface area contributed by atoms with Gasteiger partial charge in [-0.25, -0.2) is 22.2 Å². The molecular weight excluding hydrogens is 323 g/mol. The fourth-order valence-electron chi connectivity index (χ4n) is 2.37. The third kappa shape index (κ3) is 3.92. The van der Waals surface area contributed by atoms with Crippen LogP contribution in [0, 0.1) is 5.82 Å². The lowest BCUT2D eigenvalue weighted by Gasteiger charge is -2.06. The molecule has 1 atom stereocenters. The summed E-state index contributed by atoms with van der Waals surface area (Å²) >= 11 is 0. The van der Waals surface area contributed by atoms with Crippen LogP contribution >= 0.6 is 0 Å². The third-order valence-electron chi connectivity index (χ3n) is 3.62. The molecule has 1 saturated heterocycles. The molecule has 0 aliphatic carbocycles. The number of sulfonamides is 1. The highest BCUT2D eigenvalue weighted by atomic mass is 32.2. The van der Waals surface area contributed by atoms with E-state index >= 15 is 0 Å². The molecule has 1 unspecified atom stereocenters. The van der Waals surface area contributed by atoms with Crippen molar-refractivity contribution in [3.63, 3.8) is 0 Å². The second-order valence-corrected chi connectivity index (χ2v) is 7.08. The van der Waals surface area contributed by atoms with Crippen LogP contribution < -0.4 is 4.72 Å². The Morgan fingerprint density at radius 2 is 2.30 bits per heavy atom. The molecule has 0 spiro atoms. The summed E-state index contributed by atoms with van der Waals surface area (Å²) in [5.74, 6) is -0.588. The molecule has 1 N–H and O–H groups in total. The monoisotopic (exact) mass is 340 g/mol. The van der Waals surface area contributed by atoms with Crippen molar-refractivity contribution in [2.24, 2.45) is 0 Å². The van der Waals surface area contributed by atoms with E-state index in [1.165, 1.54) is 18.2 Å². The number of hydrogen-bond donors (Lipinski definition) is 1. The maximum Gasteiger partial charge on any atom is 0.240 e. The summed E-state index contributed by atoms with van der Waals surface area (Å²) in [6.07, 6.45) is 3.10. The number of nitrogens with zero attached hydrogens (tertiary/aromatic N) is 3. The lowest BCUT2D eigenvalue weighted by atomic mass is 10.2. The summed E-state index contributed by atoms with van der Waals surface area (Å²) in [6.45, 7) is 1.50. The summed E-state index contributed by atoms with van der Waals surface area (Å²) in [5, 5.41) is 8.07. The van der Waals surface area contributed by atoms with Gasteiger partial charge in [-0.15, -0.1) is 5.10 Å². The van der Waals surface area contributed by atoms with Crippen LogP contribution in [0.5, 0.6) is 0 Å². The Morgan fingerprint density at radius 3 is 3.04 bits per heavy atom. The lowest BCUT2D eigenvalue weighted by molar-refractivity contribution is 0.184. The molecule has 1 fully saturated rings. The molecule has 1 aliphatic rings. The zero-order valence-corrected chi connectivity index (χ0v) is 13.2. The predicted molar refractivity (Wildman–Crippen MR) is 79.8 cm³/mol. The Bertz CT molecular complexity index is 772. The molecule has 1 aromatic heterocycles. The fraction of sp³-hybridized carbons (Fsp3) is 0.429. The molecule has 2 aromatic rings. The number of ether oxygens (including phenoxy) is 1. The van der Waals surface area contributed by atoms with E-state index in [4.69, 9.17) is 4.74 Å². The quantitative estimate of drug-likeness (QED) is 0.844. The summed E-state index contributed by atoms with van der Waals surface area (Å²) in [4.78, 5) is -0.0933. The van der Waals surface area contributed by atoms with Crippen LogP contribution in [-0.2, 0) is 21.2 Å². The van der Waals surface area contributed by atoms with E-state index in [9.17, 15) is 12.8 Å². The first-order chi connectivity index (χ1) is 11.0. The molecule has 2 heterocycles. The topological polar surface area (TPSA) is 86.1 Å². The average Bonchev–Trinajstić information content (AvgIpc) is 3.18. The first-order valence-corrected chi connectivity index (χ1v) is 8.76. The van der Waals surface area contributed by atoms with Crippen molar-refractivity contribution in [2.75, 3.05) is 19.8 Å². The molecule has 23 heavy (non-hydrogen) atoms. The van der Waals surface area contributed by atoms with Crippen molar-refractivity contribution in [2.45, 2.75) is 23.8 Å². The van der Waals surface area contributed by atoms with Crippen molar-refractivity contribution in [1.82, 2.24) is 19.7 Å². The molecular formula is C14H17FN4O3S. The summed E-state index contributed by atoms with van der Waals surface area (Å²) < 4.78 is 46.7. The van der Waals surface area contributed by atoms with Gasteiger partial charge < -0.3 is 4.74 Å². The van der Waals surface area contributed by atoms with E-state index in [0.717, 1.165) is 12.5 Å². The van der Waals surface area contributed by atoms with Crippen LogP contribution in [0.1, 0.15) is 18.2 Å². The highest BCUT2D eigenvalue weighted by Gasteiger charge is 2.19. The van der Waals surface area contributed by atoms with E-state index < -0.39 is 15.8 Å². The number of hydrogen-bond acceptors (Lipinski definition) is 5. The van der Waals surface area contributed by atoms with Gasteiger partial charge in [-0.2, -0.15) is 0 Å². The van der Waals surface area contributed by atoms with Crippen LogP contribution in [0.2, 0.25) is 0 Å². The number of rotatable bonds is 6. The van der Waals surface area contributed by atoms with Gasteiger partial charge in [0, 0.05) is 25.8 Å². The van der Waals surface area contributed by atoms with E-state index in [2.05, 4.69) is 15.0 Å². The zero-order valence-electron chi connectivity index (χ0n) is 12.4. The molecule has 1 aromatic carbocycles. The number of benzene rings is 1. The second-order valence-electron chi connectivity index (χ2n) is 5.31. The van der Waals surface area contributed by atoms with Gasteiger partial charge in [0.05, 0.1) is 23.2 Å². The predicted octanol–water partition coefficient (Wildman–Crippen LogP) is 0.900. The number of nitrogens with one attached hydrogen (secondary N) is 1. The average molecular weight is 340 g/mol. The van der Waals surface area contributed by atoms with Crippen LogP contribution in [0.25, 0.3) is 0 Å². The SMILES string of the molecule is O=S(=O)(NCCc1cn(C2CCOC2)nn1)c1cccc(F)c1. The molecule has 3 rings (SSSR count). The Labute approximate surface area is 133 Å². The molecule has 0 bridgehead atoms. The van der Waals surface area contributed by atoms with E-state index in [0.29, 0.717) is 25.3 Å². The minimum Gasteiger partial charge on any atom is -0.379 e. The standard InChI is InChI=1S/C14H17FN4O3S/c15-11-2-1-3-14(8-11)23(20,21)16-6-4-12-9-19(18-17-12)13-5-7-22-10-13/h1-3,8-9,13,16H,4-7,10H2. The normalized spacial score (nSPS) is 18.4. The zero-order chi connectivity index (χ0) is 16.3. The van der Waals surface area contributed by atoms with Gasteiger partial charge in [-0.3, -0.25) is 0 Å². The van der Waals surface area contributed by atoms with Gasteiger partial charge in [0.2, 0.25) is 10.0 Å². The van der Waals surface area contributed by atoms with Crippen molar-refractivity contribution < 1.29 is 17.5 Å². The Hall–Kier alpha value is -1.84. The molecule has 9 heteroatoms. The Morgan fingerprint density at radius 1 is 1.43 bits per heavy atom. The van der Waals surface area contributed by atoms with Gasteiger partial charge >= 0.3 is 0 Å². The molecule has 1 aliphatic heterocycles. The smallest absolute Gasteiger partial charge is 0.240 e. The maximum absolute atomic E-state index is 13.1. The minimum atomic E-state index is -3.73. The Balaban J connectivity index is 1.56. The third-order valence-corrected chi connectivity index (χ3v) is 5.08. The first kappa shape index (κ1) is 16.0. The van der Waals surface area contributed by atoms with E-state index in [1.54, 1.807) is 10.9 Å². The van der Waals surface area contributed by atoms with E-state index in [1.807, 2.05) is 0 Å². The lowest BCUT2D eigenvalue weighted by Crippen LogP contribution is -2.26. The van der Waals surface area contributed by atoms with Crippen molar-refractivity contribution >= 4 is 10.0 Å². The van der Waals surface area contributed by atoms with Crippen LogP contribution in [-0.4, -0.2) is 43.2 Å². The van der Waals surface area contributed by atoms with Crippen molar-refractivity contribution in [3.8, 4) is 0 Å². The van der Waals surface area contributed by atoms with Crippen molar-refractivity contribution in [1.29, 1.82) is 0 Å². The minimum absolute atomic E-state index is 0.0933. The molecule has 124 valence electrons. The Kier molecular flexibility index (Phi) is 4.69. The highest BCUT2D eigenvalue weighted by Crippen LogP contribution is 2.17. The fourth-order valence-corrected chi connectivity index (χ4v) is 3.43. The first-order valence-electron chi connectivity index (χ1n) is 7.28. The van der Waals surface area contributed by atoms with Crippen LogP contribution in [0.4, 0.5) is 4.39 Å². The van der Waals surface area contributed by atoms with Crippen LogP contribution in [0.15, 0.2) is 35.4 Å². The van der Waals surface area contributed by atoms with E-state index in [-0.39, 0.29) is 17.5 Å². The second kappa shape index (κ2) is 6.73. The summed E-state index contributed by atoms with van der Waals surface area (Å²) in [6, 6.07) is 5.09. The largest absolute Gasteiger partial charge is 0.379 e. The maximum atomic E-state index is 13.1. The number of aromatic nitrogens is 3. The van der Waals surface area contributed by atoms with Gasteiger partial charge in [0.25, 0.3) is 0 Å². The summed E-state index contributed by atoms with van der Waals surface area (Å²) in [7, 11) is -3.73. The van der Waals surface area contributed by atoms with Gasteiger partial charge in [0.15, 0.2) is 0 Å². The highest BCUT2D eigenvalue weighted by molar-refractivity contribution is 7.89. The van der Waals surface area contributed by atoms with Gasteiger partial charge in [-0.1, -0.05) is 11.3 Å².